The van der Waals surface area contributed by atoms with Gasteiger partial charge in [-0.25, -0.2) is 0 Å². The topological polar surface area (TPSA) is 69.2 Å². The Hall–Kier alpha value is -0.910. The molecule has 3 rings (SSSR count). The molecule has 0 bridgehead atoms. The van der Waals surface area contributed by atoms with Crippen LogP contribution >= 0.6 is 35.3 Å². The van der Waals surface area contributed by atoms with E-state index in [-0.39, 0.29) is 36.1 Å². The van der Waals surface area contributed by atoms with Crippen LogP contribution in [-0.2, 0) is 9.53 Å². The number of halogens is 1. The third-order valence-electron chi connectivity index (χ3n) is 5.42. The summed E-state index contributed by atoms with van der Waals surface area (Å²) in [6, 6.07) is 4.60. The van der Waals surface area contributed by atoms with Crippen molar-refractivity contribution in [1.82, 2.24) is 20.4 Å². The van der Waals surface area contributed by atoms with Gasteiger partial charge in [0, 0.05) is 50.6 Å². The third kappa shape index (κ3) is 7.65. The molecule has 170 valence electrons. The van der Waals surface area contributed by atoms with E-state index in [0.717, 1.165) is 64.7 Å². The highest BCUT2D eigenvalue weighted by Gasteiger charge is 2.26. The van der Waals surface area contributed by atoms with Crippen LogP contribution in [0.2, 0.25) is 0 Å². The highest BCUT2D eigenvalue weighted by atomic mass is 127. The summed E-state index contributed by atoms with van der Waals surface area (Å²) in [4.78, 5) is 22.4. The molecule has 1 aromatic rings. The van der Waals surface area contributed by atoms with Gasteiger partial charge in [0.05, 0.1) is 25.3 Å². The Morgan fingerprint density at radius 2 is 2.27 bits per heavy atom. The summed E-state index contributed by atoms with van der Waals surface area (Å²) in [5, 5.41) is 8.92. The van der Waals surface area contributed by atoms with Gasteiger partial charge in [0.1, 0.15) is 0 Å². The number of amides is 1. The minimum Gasteiger partial charge on any atom is -0.376 e. The zero-order valence-corrected chi connectivity index (χ0v) is 21.3. The second-order valence-corrected chi connectivity index (χ2v) is 8.67. The number of likely N-dealkylation sites (tertiary alicyclic amines) is 1. The van der Waals surface area contributed by atoms with Crippen LogP contribution in [0, 0.1) is 0 Å². The smallest absolute Gasteiger partial charge is 0.222 e. The van der Waals surface area contributed by atoms with E-state index in [1.165, 1.54) is 4.88 Å². The van der Waals surface area contributed by atoms with Gasteiger partial charge < -0.3 is 20.3 Å². The fourth-order valence-electron chi connectivity index (χ4n) is 3.93. The predicted molar refractivity (Wildman–Crippen MR) is 134 cm³/mol. The molecule has 2 saturated heterocycles. The van der Waals surface area contributed by atoms with Crippen molar-refractivity contribution in [2.75, 3.05) is 52.4 Å². The van der Waals surface area contributed by atoms with Crippen LogP contribution in [0.1, 0.15) is 44.0 Å². The summed E-state index contributed by atoms with van der Waals surface area (Å²) in [5.74, 6) is 1.15. The van der Waals surface area contributed by atoms with Crippen molar-refractivity contribution in [3.05, 3.63) is 22.4 Å². The molecule has 30 heavy (non-hydrogen) atoms. The van der Waals surface area contributed by atoms with E-state index in [2.05, 4.69) is 46.9 Å². The molecule has 2 N–H and O–H groups in total. The quantitative estimate of drug-likeness (QED) is 0.215. The zero-order valence-electron chi connectivity index (χ0n) is 18.1. The van der Waals surface area contributed by atoms with Gasteiger partial charge in [-0.1, -0.05) is 6.07 Å². The lowest BCUT2D eigenvalue weighted by Crippen LogP contribution is -2.44. The van der Waals surface area contributed by atoms with Gasteiger partial charge in [0.2, 0.25) is 5.91 Å². The van der Waals surface area contributed by atoms with Crippen LogP contribution in [0.25, 0.3) is 0 Å². The number of morpholine rings is 1. The second-order valence-electron chi connectivity index (χ2n) is 7.69. The van der Waals surface area contributed by atoms with Crippen molar-refractivity contribution in [2.24, 2.45) is 4.99 Å². The Morgan fingerprint density at radius 1 is 1.40 bits per heavy atom. The van der Waals surface area contributed by atoms with Crippen LogP contribution in [0.3, 0.4) is 0 Å². The first-order valence-corrected chi connectivity index (χ1v) is 11.7. The van der Waals surface area contributed by atoms with E-state index < -0.39 is 0 Å². The van der Waals surface area contributed by atoms with E-state index in [9.17, 15) is 4.79 Å². The van der Waals surface area contributed by atoms with Gasteiger partial charge in [0.15, 0.2) is 5.96 Å². The minimum atomic E-state index is 0. The first-order chi connectivity index (χ1) is 14.2. The largest absolute Gasteiger partial charge is 0.376 e. The highest BCUT2D eigenvalue weighted by Crippen LogP contribution is 2.27. The molecule has 0 aromatic carbocycles. The number of hydrogen-bond acceptors (Lipinski definition) is 5. The average molecular weight is 550 g/mol. The molecule has 9 heteroatoms. The molecule has 2 unspecified atom stereocenters. The molecule has 0 radical (unpaired) electrons. The second kappa shape index (κ2) is 13.5. The number of ether oxygens (including phenoxy) is 1. The van der Waals surface area contributed by atoms with Gasteiger partial charge in [-0.05, 0) is 38.1 Å². The SMILES string of the molecule is CCNC(=NCC(c1cccs1)N1CCOC(C)C1)NCCCN1CCCC1=O.I. The van der Waals surface area contributed by atoms with Crippen molar-refractivity contribution in [3.63, 3.8) is 0 Å². The van der Waals surface area contributed by atoms with E-state index in [0.29, 0.717) is 18.9 Å². The number of carbonyl (C=O) groups excluding carboxylic acids is 1. The number of aliphatic imine (C=N–C) groups is 1. The standard InChI is InChI=1S/C21H35N5O2S.HI/c1-3-22-21(23-9-6-11-25-10-4-8-20(25)27)24-15-18(19-7-5-14-29-19)26-12-13-28-17(2)16-26;/h5,7,14,17-18H,3-4,6,8-13,15-16H2,1-2H3,(H2,22,23,24);1H. The van der Waals surface area contributed by atoms with Gasteiger partial charge in [-0.2, -0.15) is 0 Å². The number of nitrogens with one attached hydrogen (secondary N) is 2. The predicted octanol–water partition coefficient (Wildman–Crippen LogP) is 2.70. The summed E-state index contributed by atoms with van der Waals surface area (Å²) < 4.78 is 5.73. The van der Waals surface area contributed by atoms with Crippen LogP contribution in [0.4, 0.5) is 0 Å². The van der Waals surface area contributed by atoms with E-state index in [1.807, 2.05) is 4.90 Å². The lowest BCUT2D eigenvalue weighted by molar-refractivity contribution is -0.127. The van der Waals surface area contributed by atoms with Crippen molar-refractivity contribution in [2.45, 2.75) is 45.3 Å². The Balaban J connectivity index is 0.00000320. The lowest BCUT2D eigenvalue weighted by Gasteiger charge is -2.36. The maximum absolute atomic E-state index is 11.7. The summed E-state index contributed by atoms with van der Waals surface area (Å²) in [5.41, 5.74) is 0. The van der Waals surface area contributed by atoms with Gasteiger partial charge in [0.25, 0.3) is 0 Å². The number of nitrogens with zero attached hydrogens (tertiary/aromatic N) is 3. The molecule has 1 amide bonds. The molecule has 7 nitrogen and oxygen atoms in total. The van der Waals surface area contributed by atoms with E-state index >= 15 is 0 Å². The van der Waals surface area contributed by atoms with Crippen molar-refractivity contribution >= 4 is 47.2 Å². The Kier molecular flexibility index (Phi) is 11.4. The summed E-state index contributed by atoms with van der Waals surface area (Å²) in [6.07, 6.45) is 2.91. The number of guanidine groups is 1. The molecule has 2 fully saturated rings. The van der Waals surface area contributed by atoms with Crippen LogP contribution < -0.4 is 10.6 Å². The van der Waals surface area contributed by atoms with Gasteiger partial charge >= 0.3 is 0 Å². The zero-order chi connectivity index (χ0) is 20.5. The molecule has 2 aliphatic heterocycles. The maximum atomic E-state index is 11.7. The van der Waals surface area contributed by atoms with E-state index in [4.69, 9.17) is 9.73 Å². The van der Waals surface area contributed by atoms with Crippen molar-refractivity contribution < 1.29 is 9.53 Å². The fraction of sp³-hybridized carbons (Fsp3) is 0.714. The Bertz CT molecular complexity index is 658. The number of thiophene rings is 1. The summed E-state index contributed by atoms with van der Waals surface area (Å²) >= 11 is 1.80. The molecule has 3 heterocycles. The molecule has 0 spiro atoms. The molecule has 2 atom stereocenters. The molecule has 0 aliphatic carbocycles. The van der Waals surface area contributed by atoms with Crippen LogP contribution in [-0.4, -0.2) is 80.2 Å². The molecule has 1 aromatic heterocycles. The molecular formula is C21H36IN5O2S. The van der Waals surface area contributed by atoms with Crippen molar-refractivity contribution in [3.8, 4) is 0 Å². The molecule has 0 saturated carbocycles. The minimum absolute atomic E-state index is 0. The molecular weight excluding hydrogens is 513 g/mol. The van der Waals surface area contributed by atoms with Crippen LogP contribution in [0.15, 0.2) is 22.5 Å². The van der Waals surface area contributed by atoms with Gasteiger partial charge in [-0.15, -0.1) is 35.3 Å². The summed E-state index contributed by atoms with van der Waals surface area (Å²) in [7, 11) is 0. The number of rotatable bonds is 9. The average Bonchev–Trinajstić information content (AvgIpc) is 3.37. The Morgan fingerprint density at radius 3 is 2.93 bits per heavy atom. The maximum Gasteiger partial charge on any atom is 0.222 e. The molecule has 2 aliphatic rings. The number of carbonyl (C=O) groups is 1. The fourth-order valence-corrected chi connectivity index (χ4v) is 4.78. The van der Waals surface area contributed by atoms with E-state index in [1.54, 1.807) is 11.3 Å². The number of hydrogen-bond donors (Lipinski definition) is 2. The van der Waals surface area contributed by atoms with Crippen LogP contribution in [0.5, 0.6) is 0 Å². The monoisotopic (exact) mass is 549 g/mol. The van der Waals surface area contributed by atoms with Gasteiger partial charge in [-0.3, -0.25) is 14.7 Å². The Labute approximate surface area is 201 Å². The lowest BCUT2D eigenvalue weighted by atomic mass is 10.1. The third-order valence-corrected chi connectivity index (χ3v) is 6.39. The van der Waals surface area contributed by atoms with Crippen molar-refractivity contribution in [1.29, 1.82) is 0 Å². The summed E-state index contributed by atoms with van der Waals surface area (Å²) in [6.45, 7) is 11.0. The first kappa shape index (κ1) is 25.4. The highest BCUT2D eigenvalue weighted by molar-refractivity contribution is 14.0. The first-order valence-electron chi connectivity index (χ1n) is 10.9. The normalized spacial score (nSPS) is 21.4.